The third-order valence-corrected chi connectivity index (χ3v) is 12.1. The fourth-order valence-corrected chi connectivity index (χ4v) is 9.26. The lowest BCUT2D eigenvalue weighted by Gasteiger charge is -2.34. The molecule has 0 unspecified atom stereocenters. The molecule has 0 saturated heterocycles. The van der Waals surface area contributed by atoms with Crippen LogP contribution in [0.1, 0.15) is 22.3 Å². The highest BCUT2D eigenvalue weighted by molar-refractivity contribution is 5.93. The third-order valence-electron chi connectivity index (χ3n) is 12.1. The Balaban J connectivity index is 0.848. The zero-order valence-electron chi connectivity index (χ0n) is 31.9. The number of nitrogens with one attached hydrogen (secondary N) is 1. The summed E-state index contributed by atoms with van der Waals surface area (Å²) in [5.74, 6) is 0. The van der Waals surface area contributed by atoms with Crippen molar-refractivity contribution < 1.29 is 0 Å². The fraction of sp³-hybridized carbons (Fsp3) is 0.0175. The SMILES string of the molecule is c1ccc(C2(c3ccccc3)c3ccccc3-c3ccc(Nc4ccc(-c5ccc(-c6ccc7cc(-c8ccc9ccccc9c8)ccc7c6)cc5)cc4)cc32)cc1. The molecule has 0 saturated carbocycles. The maximum Gasteiger partial charge on any atom is 0.0714 e. The average Bonchev–Trinajstić information content (AvgIpc) is 3.59. The number of fused-ring (bicyclic) bond motifs is 5. The molecule has 0 amide bonds. The minimum Gasteiger partial charge on any atom is -0.356 e. The quantitative estimate of drug-likeness (QED) is 0.172. The number of hydrogen-bond acceptors (Lipinski definition) is 1. The van der Waals surface area contributed by atoms with Crippen LogP contribution < -0.4 is 5.32 Å². The Morgan fingerprint density at radius 2 is 0.672 bits per heavy atom. The van der Waals surface area contributed by atoms with Gasteiger partial charge < -0.3 is 5.32 Å². The maximum atomic E-state index is 3.74. The van der Waals surface area contributed by atoms with Crippen molar-refractivity contribution in [1.82, 2.24) is 0 Å². The van der Waals surface area contributed by atoms with Gasteiger partial charge in [-0.3, -0.25) is 0 Å². The van der Waals surface area contributed by atoms with Gasteiger partial charge in [-0.1, -0.05) is 188 Å². The molecule has 1 N–H and O–H groups in total. The monoisotopic (exact) mass is 737 g/mol. The first-order valence-corrected chi connectivity index (χ1v) is 20.1. The number of hydrogen-bond donors (Lipinski definition) is 1. The van der Waals surface area contributed by atoms with E-state index in [-0.39, 0.29) is 0 Å². The molecule has 0 atom stereocenters. The van der Waals surface area contributed by atoms with Crippen molar-refractivity contribution in [2.75, 3.05) is 5.32 Å². The second-order valence-corrected chi connectivity index (χ2v) is 15.4. The highest BCUT2D eigenvalue weighted by Gasteiger charge is 2.46. The Hall–Kier alpha value is -7.48. The molecule has 0 aromatic heterocycles. The summed E-state index contributed by atoms with van der Waals surface area (Å²) in [6.45, 7) is 0. The summed E-state index contributed by atoms with van der Waals surface area (Å²) in [6, 6.07) is 84.2. The molecule has 0 radical (unpaired) electrons. The van der Waals surface area contributed by atoms with Gasteiger partial charge in [-0.25, -0.2) is 0 Å². The highest BCUT2D eigenvalue weighted by Crippen LogP contribution is 2.56. The van der Waals surface area contributed by atoms with E-state index in [1.807, 2.05) is 0 Å². The van der Waals surface area contributed by atoms with Crippen molar-refractivity contribution in [2.45, 2.75) is 5.41 Å². The molecule has 0 spiro atoms. The van der Waals surface area contributed by atoms with Crippen LogP contribution in [-0.2, 0) is 5.41 Å². The molecular weight excluding hydrogens is 699 g/mol. The van der Waals surface area contributed by atoms with Crippen molar-refractivity contribution in [3.8, 4) is 44.5 Å². The number of anilines is 2. The van der Waals surface area contributed by atoms with E-state index in [0.29, 0.717) is 0 Å². The van der Waals surface area contributed by atoms with E-state index >= 15 is 0 Å². The van der Waals surface area contributed by atoms with Crippen LogP contribution in [0, 0.1) is 0 Å². The Morgan fingerprint density at radius 3 is 1.29 bits per heavy atom. The van der Waals surface area contributed by atoms with E-state index in [1.165, 1.54) is 88.3 Å². The smallest absolute Gasteiger partial charge is 0.0714 e. The van der Waals surface area contributed by atoms with Crippen LogP contribution in [0.4, 0.5) is 11.4 Å². The minimum absolute atomic E-state index is 0.420. The maximum absolute atomic E-state index is 3.74. The normalized spacial score (nSPS) is 12.6. The number of benzene rings is 10. The van der Waals surface area contributed by atoms with E-state index in [9.17, 15) is 0 Å². The lowest BCUT2D eigenvalue weighted by Crippen LogP contribution is -2.28. The summed E-state index contributed by atoms with van der Waals surface area (Å²) in [4.78, 5) is 0. The van der Waals surface area contributed by atoms with Gasteiger partial charge in [0, 0.05) is 11.4 Å². The van der Waals surface area contributed by atoms with Crippen LogP contribution in [0.5, 0.6) is 0 Å². The lowest BCUT2D eigenvalue weighted by atomic mass is 9.67. The molecule has 11 rings (SSSR count). The molecule has 1 heteroatoms. The van der Waals surface area contributed by atoms with Gasteiger partial charge in [-0.15, -0.1) is 0 Å². The Morgan fingerprint density at radius 1 is 0.259 bits per heavy atom. The molecule has 0 aliphatic heterocycles. The Kier molecular flexibility index (Phi) is 8.12. The van der Waals surface area contributed by atoms with E-state index in [0.717, 1.165) is 11.4 Å². The first-order chi connectivity index (χ1) is 28.7. The molecule has 10 aromatic carbocycles. The van der Waals surface area contributed by atoms with Crippen molar-refractivity contribution >= 4 is 32.9 Å². The zero-order valence-corrected chi connectivity index (χ0v) is 31.9. The largest absolute Gasteiger partial charge is 0.356 e. The van der Waals surface area contributed by atoms with Crippen LogP contribution in [0.25, 0.3) is 66.1 Å². The predicted molar refractivity (Wildman–Crippen MR) is 245 cm³/mol. The van der Waals surface area contributed by atoms with Gasteiger partial charge in [-0.05, 0) is 131 Å². The summed E-state index contributed by atoms with van der Waals surface area (Å²) in [5.41, 5.74) is 16.7. The molecule has 0 fully saturated rings. The molecule has 1 nitrogen and oxygen atoms in total. The van der Waals surface area contributed by atoms with Gasteiger partial charge in [0.1, 0.15) is 0 Å². The summed E-state index contributed by atoms with van der Waals surface area (Å²) >= 11 is 0. The van der Waals surface area contributed by atoms with E-state index < -0.39 is 5.41 Å². The van der Waals surface area contributed by atoms with Crippen LogP contribution >= 0.6 is 0 Å². The molecule has 272 valence electrons. The second kappa shape index (κ2) is 13.9. The number of rotatable bonds is 7. The molecule has 58 heavy (non-hydrogen) atoms. The van der Waals surface area contributed by atoms with Gasteiger partial charge in [0.25, 0.3) is 0 Å². The topological polar surface area (TPSA) is 12.0 Å². The van der Waals surface area contributed by atoms with Crippen LogP contribution in [-0.4, -0.2) is 0 Å². The average molecular weight is 738 g/mol. The first-order valence-electron chi connectivity index (χ1n) is 20.1. The van der Waals surface area contributed by atoms with Gasteiger partial charge in [0.2, 0.25) is 0 Å². The second-order valence-electron chi connectivity index (χ2n) is 15.4. The van der Waals surface area contributed by atoms with Gasteiger partial charge in [-0.2, -0.15) is 0 Å². The van der Waals surface area contributed by atoms with Gasteiger partial charge >= 0.3 is 0 Å². The summed E-state index contributed by atoms with van der Waals surface area (Å²) < 4.78 is 0. The molecule has 0 bridgehead atoms. The van der Waals surface area contributed by atoms with Crippen molar-refractivity contribution in [3.63, 3.8) is 0 Å². The van der Waals surface area contributed by atoms with Crippen LogP contribution in [0.15, 0.2) is 231 Å². The van der Waals surface area contributed by atoms with Crippen LogP contribution in [0.3, 0.4) is 0 Å². The summed E-state index contributed by atoms with van der Waals surface area (Å²) in [5, 5.41) is 8.77. The van der Waals surface area contributed by atoms with Crippen LogP contribution in [0.2, 0.25) is 0 Å². The fourth-order valence-electron chi connectivity index (χ4n) is 9.26. The highest BCUT2D eigenvalue weighted by atomic mass is 14.9. The van der Waals surface area contributed by atoms with E-state index in [2.05, 4.69) is 236 Å². The summed E-state index contributed by atoms with van der Waals surface area (Å²) in [6.07, 6.45) is 0. The lowest BCUT2D eigenvalue weighted by molar-refractivity contribution is 0.769. The molecular formula is C57H39N. The van der Waals surface area contributed by atoms with Gasteiger partial charge in [0.05, 0.1) is 5.41 Å². The van der Waals surface area contributed by atoms with E-state index in [4.69, 9.17) is 0 Å². The zero-order chi connectivity index (χ0) is 38.5. The van der Waals surface area contributed by atoms with E-state index in [1.54, 1.807) is 0 Å². The Bertz CT molecular complexity index is 3070. The standard InChI is InChI=1S/C57H39N/c1-3-13-49(14-4-1)57(50-15-5-2-6-16-50)55-18-10-9-17-53(55)54-34-33-52(38-56(54)57)58-51-31-29-41(30-32-51)40-19-21-42(22-20-40)44-25-26-47-37-48(28-27-46(47)36-44)45-24-23-39-11-7-8-12-43(39)35-45/h1-38,58H. The van der Waals surface area contributed by atoms with Gasteiger partial charge in [0.15, 0.2) is 0 Å². The predicted octanol–water partition coefficient (Wildman–Crippen LogP) is 15.1. The molecule has 1 aliphatic rings. The molecule has 0 heterocycles. The third kappa shape index (κ3) is 5.71. The molecule has 10 aromatic rings. The molecule has 1 aliphatic carbocycles. The Labute approximate surface area is 339 Å². The summed E-state index contributed by atoms with van der Waals surface area (Å²) in [7, 11) is 0. The van der Waals surface area contributed by atoms with Crippen molar-refractivity contribution in [3.05, 3.63) is 253 Å². The minimum atomic E-state index is -0.420. The van der Waals surface area contributed by atoms with Crippen molar-refractivity contribution in [2.24, 2.45) is 0 Å². The first kappa shape index (κ1) is 33.8. The van der Waals surface area contributed by atoms with Crippen molar-refractivity contribution in [1.29, 1.82) is 0 Å².